The van der Waals surface area contributed by atoms with Crippen molar-refractivity contribution in [2.45, 2.75) is 6.61 Å². The van der Waals surface area contributed by atoms with Crippen molar-refractivity contribution in [2.24, 2.45) is 0 Å². The summed E-state index contributed by atoms with van der Waals surface area (Å²) in [6.45, 7) is 0.361. The fourth-order valence-electron chi connectivity index (χ4n) is 2.56. The van der Waals surface area contributed by atoms with Gasteiger partial charge < -0.3 is 4.74 Å². The normalized spacial score (nSPS) is 10.9. The van der Waals surface area contributed by atoms with Crippen molar-refractivity contribution in [3.05, 3.63) is 78.0 Å². The van der Waals surface area contributed by atoms with Crippen molar-refractivity contribution < 1.29 is 4.74 Å². The highest BCUT2D eigenvalue weighted by atomic mass is 35.5. The second-order valence-corrected chi connectivity index (χ2v) is 5.59. The van der Waals surface area contributed by atoms with E-state index in [0.717, 1.165) is 16.6 Å². The third-order valence-corrected chi connectivity index (χ3v) is 3.90. The lowest BCUT2D eigenvalue weighted by Crippen LogP contribution is -2.05. The Labute approximate surface area is 143 Å². The van der Waals surface area contributed by atoms with Crippen LogP contribution in [0.15, 0.2) is 67.3 Å². The summed E-state index contributed by atoms with van der Waals surface area (Å²) in [5.74, 6) is 1.24. The van der Waals surface area contributed by atoms with Crippen LogP contribution >= 0.6 is 11.6 Å². The number of para-hydroxylation sites is 1. The SMILES string of the molecule is Clc1cncnc1-n1c(OCc2ccccn2)cc2ccccc21. The number of hydrogen-bond acceptors (Lipinski definition) is 4. The molecule has 0 aliphatic rings. The molecule has 5 nitrogen and oxygen atoms in total. The number of benzene rings is 1. The smallest absolute Gasteiger partial charge is 0.200 e. The molecule has 0 aliphatic heterocycles. The number of pyridine rings is 1. The van der Waals surface area contributed by atoms with E-state index in [0.29, 0.717) is 23.3 Å². The summed E-state index contributed by atoms with van der Waals surface area (Å²) in [7, 11) is 0. The predicted octanol–water partition coefficient (Wildman–Crippen LogP) is 4.05. The molecule has 4 rings (SSSR count). The zero-order valence-corrected chi connectivity index (χ0v) is 13.4. The number of halogens is 1. The third kappa shape index (κ3) is 2.70. The van der Waals surface area contributed by atoms with Crippen molar-refractivity contribution in [3.63, 3.8) is 0 Å². The number of nitrogens with zero attached hydrogens (tertiary/aromatic N) is 4. The van der Waals surface area contributed by atoms with Gasteiger partial charge in [-0.05, 0) is 18.2 Å². The number of rotatable bonds is 4. The van der Waals surface area contributed by atoms with Crippen molar-refractivity contribution in [1.29, 1.82) is 0 Å². The van der Waals surface area contributed by atoms with E-state index in [9.17, 15) is 0 Å². The summed E-state index contributed by atoms with van der Waals surface area (Å²) >= 11 is 6.29. The van der Waals surface area contributed by atoms with Crippen LogP contribution in [0.5, 0.6) is 5.88 Å². The Morgan fingerprint density at radius 2 is 1.92 bits per heavy atom. The zero-order valence-electron chi connectivity index (χ0n) is 12.6. The maximum absolute atomic E-state index is 6.29. The monoisotopic (exact) mass is 336 g/mol. The highest BCUT2D eigenvalue weighted by Gasteiger charge is 2.15. The van der Waals surface area contributed by atoms with Gasteiger partial charge in [0.1, 0.15) is 18.0 Å². The second kappa shape index (κ2) is 6.29. The average molecular weight is 337 g/mol. The van der Waals surface area contributed by atoms with E-state index < -0.39 is 0 Å². The Kier molecular flexibility index (Phi) is 3.84. The maximum atomic E-state index is 6.29. The molecule has 0 saturated carbocycles. The van der Waals surface area contributed by atoms with Gasteiger partial charge in [0.15, 0.2) is 5.82 Å². The molecule has 4 aromatic rings. The molecule has 0 aliphatic carbocycles. The van der Waals surface area contributed by atoms with Gasteiger partial charge in [-0.2, -0.15) is 0 Å². The topological polar surface area (TPSA) is 52.8 Å². The summed E-state index contributed by atoms with van der Waals surface area (Å²) in [4.78, 5) is 12.5. The van der Waals surface area contributed by atoms with Crippen molar-refractivity contribution >= 4 is 22.5 Å². The van der Waals surface area contributed by atoms with E-state index in [1.807, 2.05) is 53.1 Å². The molecule has 0 N–H and O–H groups in total. The van der Waals surface area contributed by atoms with Crippen LogP contribution in [-0.2, 0) is 6.61 Å². The van der Waals surface area contributed by atoms with Crippen molar-refractivity contribution in [2.75, 3.05) is 0 Å². The fraction of sp³-hybridized carbons (Fsp3) is 0.0556. The van der Waals surface area contributed by atoms with Crippen LogP contribution in [0.25, 0.3) is 16.7 Å². The molecule has 3 aromatic heterocycles. The summed E-state index contributed by atoms with van der Waals surface area (Å²) in [6.07, 6.45) is 4.79. The number of hydrogen-bond donors (Lipinski definition) is 0. The van der Waals surface area contributed by atoms with Gasteiger partial charge in [0.25, 0.3) is 0 Å². The van der Waals surface area contributed by atoms with Crippen LogP contribution in [-0.4, -0.2) is 19.5 Å². The minimum atomic E-state index is 0.361. The van der Waals surface area contributed by atoms with Crippen LogP contribution in [0.3, 0.4) is 0 Å². The Hall–Kier alpha value is -2.92. The van der Waals surface area contributed by atoms with Gasteiger partial charge in [-0.25, -0.2) is 9.97 Å². The first-order valence-electron chi connectivity index (χ1n) is 7.42. The van der Waals surface area contributed by atoms with Crippen LogP contribution < -0.4 is 4.74 Å². The molecule has 0 saturated heterocycles. The number of ether oxygens (including phenoxy) is 1. The lowest BCUT2D eigenvalue weighted by Gasteiger charge is -2.11. The van der Waals surface area contributed by atoms with E-state index in [2.05, 4.69) is 15.0 Å². The van der Waals surface area contributed by atoms with E-state index in [-0.39, 0.29) is 0 Å². The fourth-order valence-corrected chi connectivity index (χ4v) is 2.75. The van der Waals surface area contributed by atoms with E-state index in [4.69, 9.17) is 16.3 Å². The Morgan fingerprint density at radius 3 is 2.75 bits per heavy atom. The largest absolute Gasteiger partial charge is 0.472 e. The molecule has 0 fully saturated rings. The minimum Gasteiger partial charge on any atom is -0.472 e. The van der Waals surface area contributed by atoms with Gasteiger partial charge in [0.2, 0.25) is 5.88 Å². The molecule has 3 heterocycles. The zero-order chi connectivity index (χ0) is 16.4. The number of aromatic nitrogens is 4. The summed E-state index contributed by atoms with van der Waals surface area (Å²) in [5.41, 5.74) is 1.82. The van der Waals surface area contributed by atoms with Crippen molar-refractivity contribution in [3.8, 4) is 11.7 Å². The predicted molar refractivity (Wildman–Crippen MR) is 92.4 cm³/mol. The lowest BCUT2D eigenvalue weighted by molar-refractivity contribution is 0.285. The minimum absolute atomic E-state index is 0.361. The molecule has 0 amide bonds. The molecule has 0 radical (unpaired) electrons. The first-order chi connectivity index (χ1) is 11.8. The van der Waals surface area contributed by atoms with Crippen LogP contribution in [0.1, 0.15) is 5.69 Å². The van der Waals surface area contributed by atoms with Crippen LogP contribution in [0.4, 0.5) is 0 Å². The Bertz CT molecular complexity index is 985. The van der Waals surface area contributed by atoms with E-state index in [1.54, 1.807) is 12.4 Å². The molecule has 6 heteroatoms. The summed E-state index contributed by atoms with van der Waals surface area (Å²) < 4.78 is 7.89. The lowest BCUT2D eigenvalue weighted by atomic mass is 10.2. The molecule has 1 aromatic carbocycles. The highest BCUT2D eigenvalue weighted by molar-refractivity contribution is 6.32. The van der Waals surface area contributed by atoms with Gasteiger partial charge in [-0.1, -0.05) is 35.9 Å². The molecule has 0 spiro atoms. The summed E-state index contributed by atoms with van der Waals surface area (Å²) in [5, 5.41) is 1.50. The van der Waals surface area contributed by atoms with Gasteiger partial charge in [-0.15, -0.1) is 0 Å². The standard InChI is InChI=1S/C18H13ClN4O/c19-15-10-20-12-22-18(15)23-16-7-2-1-5-13(16)9-17(23)24-11-14-6-3-4-8-21-14/h1-10,12H,11H2. The van der Waals surface area contributed by atoms with Gasteiger partial charge in [0, 0.05) is 17.6 Å². The summed E-state index contributed by atoms with van der Waals surface area (Å²) in [6, 6.07) is 15.7. The first kappa shape index (κ1) is 14.7. The molecule has 0 unspecified atom stereocenters. The van der Waals surface area contributed by atoms with Gasteiger partial charge in [-0.3, -0.25) is 9.55 Å². The molecule has 0 bridgehead atoms. The van der Waals surface area contributed by atoms with E-state index in [1.165, 1.54) is 6.33 Å². The molecule has 24 heavy (non-hydrogen) atoms. The molecular formula is C18H13ClN4O. The maximum Gasteiger partial charge on any atom is 0.200 e. The first-order valence-corrected chi connectivity index (χ1v) is 7.80. The van der Waals surface area contributed by atoms with Crippen molar-refractivity contribution in [1.82, 2.24) is 19.5 Å². The second-order valence-electron chi connectivity index (χ2n) is 5.18. The highest BCUT2D eigenvalue weighted by Crippen LogP contribution is 2.31. The van der Waals surface area contributed by atoms with Gasteiger partial charge >= 0.3 is 0 Å². The molecule has 0 atom stereocenters. The third-order valence-electron chi connectivity index (χ3n) is 3.63. The van der Waals surface area contributed by atoms with Crippen LogP contribution in [0.2, 0.25) is 5.02 Å². The van der Waals surface area contributed by atoms with Gasteiger partial charge in [0.05, 0.1) is 17.4 Å². The Morgan fingerprint density at radius 1 is 1.04 bits per heavy atom. The Balaban J connectivity index is 1.80. The van der Waals surface area contributed by atoms with Crippen LogP contribution in [0, 0.1) is 0 Å². The molecular weight excluding hydrogens is 324 g/mol. The average Bonchev–Trinajstić information content (AvgIpc) is 2.99. The van der Waals surface area contributed by atoms with E-state index >= 15 is 0 Å². The molecule has 118 valence electrons. The quantitative estimate of drug-likeness (QED) is 0.564. The number of fused-ring (bicyclic) bond motifs is 1.